The van der Waals surface area contributed by atoms with Gasteiger partial charge < -0.3 is 4.42 Å². The smallest absolute Gasteiger partial charge is 0.408 e. The van der Waals surface area contributed by atoms with Crippen molar-refractivity contribution in [3.05, 3.63) is 28.7 Å². The summed E-state index contributed by atoms with van der Waals surface area (Å²) in [6, 6.07) is 4.75. The van der Waals surface area contributed by atoms with Gasteiger partial charge in [-0.25, -0.2) is 17.9 Å². The molecular weight excluding hydrogens is 342 g/mol. The van der Waals surface area contributed by atoms with Crippen LogP contribution in [0.3, 0.4) is 0 Å². The van der Waals surface area contributed by atoms with Crippen molar-refractivity contribution in [3.63, 3.8) is 0 Å². The van der Waals surface area contributed by atoms with E-state index in [0.29, 0.717) is 12.1 Å². The predicted octanol–water partition coefficient (Wildman–Crippen LogP) is 1.94. The fourth-order valence-electron chi connectivity index (χ4n) is 3.50. The summed E-state index contributed by atoms with van der Waals surface area (Å²) in [4.78, 5) is 14.3. The van der Waals surface area contributed by atoms with Gasteiger partial charge in [-0.3, -0.25) is 9.47 Å². The van der Waals surface area contributed by atoms with Crippen LogP contribution in [-0.2, 0) is 10.0 Å². The van der Waals surface area contributed by atoms with Gasteiger partial charge in [0.1, 0.15) is 0 Å². The second kappa shape index (κ2) is 6.93. The number of benzene rings is 1. The quantitative estimate of drug-likeness (QED) is 0.843. The standard InChI is InChI=1S/C17H25N3O4S/c1-4-19-9-5-6-13(19)11-18-25(22,23)14-7-8-15-16(10-14)24-17(21)20(15)12(2)3/h7-8,10,12-13,18H,4-6,9,11H2,1-3H3. The van der Waals surface area contributed by atoms with Gasteiger partial charge in [-0.2, -0.15) is 0 Å². The Morgan fingerprint density at radius 3 is 2.80 bits per heavy atom. The van der Waals surface area contributed by atoms with E-state index >= 15 is 0 Å². The number of nitrogens with one attached hydrogen (secondary N) is 1. The van der Waals surface area contributed by atoms with Crippen LogP contribution in [0, 0.1) is 0 Å². The molecule has 0 radical (unpaired) electrons. The number of likely N-dealkylation sites (tertiary alicyclic amines) is 1. The number of aromatic nitrogens is 1. The van der Waals surface area contributed by atoms with Gasteiger partial charge in [-0.15, -0.1) is 0 Å². The highest BCUT2D eigenvalue weighted by Gasteiger charge is 2.25. The second-order valence-electron chi connectivity index (χ2n) is 6.74. The molecule has 0 amide bonds. The minimum Gasteiger partial charge on any atom is -0.408 e. The Labute approximate surface area is 147 Å². The van der Waals surface area contributed by atoms with E-state index in [1.54, 1.807) is 6.07 Å². The minimum atomic E-state index is -3.64. The van der Waals surface area contributed by atoms with E-state index in [1.165, 1.54) is 16.7 Å². The van der Waals surface area contributed by atoms with Crippen LogP contribution in [0.15, 0.2) is 32.3 Å². The summed E-state index contributed by atoms with van der Waals surface area (Å²) in [5.74, 6) is -0.475. The molecule has 2 heterocycles. The van der Waals surface area contributed by atoms with Crippen molar-refractivity contribution >= 4 is 21.1 Å². The zero-order valence-corrected chi connectivity index (χ0v) is 15.7. The van der Waals surface area contributed by atoms with Gasteiger partial charge in [-0.1, -0.05) is 6.92 Å². The van der Waals surface area contributed by atoms with Crippen molar-refractivity contribution in [1.82, 2.24) is 14.2 Å². The molecule has 2 aromatic rings. The summed E-state index contributed by atoms with van der Waals surface area (Å²) >= 11 is 0. The second-order valence-corrected chi connectivity index (χ2v) is 8.50. The third kappa shape index (κ3) is 3.51. The van der Waals surface area contributed by atoms with Gasteiger partial charge in [0.25, 0.3) is 0 Å². The van der Waals surface area contributed by atoms with Crippen molar-refractivity contribution < 1.29 is 12.8 Å². The molecule has 0 spiro atoms. The number of hydrogen-bond acceptors (Lipinski definition) is 5. The molecule has 1 fully saturated rings. The SMILES string of the molecule is CCN1CCCC1CNS(=O)(=O)c1ccc2c(c1)oc(=O)n2C(C)C. The Morgan fingerprint density at radius 2 is 2.12 bits per heavy atom. The van der Waals surface area contributed by atoms with Crippen LogP contribution in [0.4, 0.5) is 0 Å². The highest BCUT2D eigenvalue weighted by Crippen LogP contribution is 2.21. The van der Waals surface area contributed by atoms with Gasteiger partial charge in [0.15, 0.2) is 5.58 Å². The Morgan fingerprint density at radius 1 is 1.36 bits per heavy atom. The summed E-state index contributed by atoms with van der Waals surface area (Å²) in [6.45, 7) is 8.18. The zero-order chi connectivity index (χ0) is 18.2. The van der Waals surface area contributed by atoms with E-state index in [2.05, 4.69) is 16.5 Å². The predicted molar refractivity (Wildman–Crippen MR) is 96.3 cm³/mol. The van der Waals surface area contributed by atoms with Gasteiger partial charge in [0.05, 0.1) is 10.4 Å². The van der Waals surface area contributed by atoms with Crippen LogP contribution in [0.1, 0.15) is 39.7 Å². The molecular formula is C17H25N3O4S. The average Bonchev–Trinajstić information content (AvgIpc) is 3.14. The number of rotatable bonds is 6. The first-order valence-electron chi connectivity index (χ1n) is 8.72. The lowest BCUT2D eigenvalue weighted by Crippen LogP contribution is -2.39. The van der Waals surface area contributed by atoms with Gasteiger partial charge >= 0.3 is 5.76 Å². The van der Waals surface area contributed by atoms with E-state index < -0.39 is 15.8 Å². The maximum Gasteiger partial charge on any atom is 0.420 e. The molecule has 0 bridgehead atoms. The Bertz CT molecular complexity index is 914. The molecule has 7 nitrogen and oxygen atoms in total. The van der Waals surface area contributed by atoms with E-state index in [-0.39, 0.29) is 22.6 Å². The molecule has 1 atom stereocenters. The molecule has 1 aliphatic heterocycles. The van der Waals surface area contributed by atoms with Crippen LogP contribution >= 0.6 is 0 Å². The average molecular weight is 367 g/mol. The highest BCUT2D eigenvalue weighted by molar-refractivity contribution is 7.89. The van der Waals surface area contributed by atoms with Gasteiger partial charge in [0, 0.05) is 24.7 Å². The lowest BCUT2D eigenvalue weighted by atomic mass is 10.2. The molecule has 0 saturated carbocycles. The van der Waals surface area contributed by atoms with Crippen molar-refractivity contribution in [3.8, 4) is 0 Å². The molecule has 1 unspecified atom stereocenters. The first-order valence-corrected chi connectivity index (χ1v) is 10.2. The third-order valence-electron chi connectivity index (χ3n) is 4.83. The molecule has 25 heavy (non-hydrogen) atoms. The van der Waals surface area contributed by atoms with E-state index in [9.17, 15) is 13.2 Å². The van der Waals surface area contributed by atoms with E-state index in [1.807, 2.05) is 13.8 Å². The minimum absolute atomic E-state index is 0.0586. The maximum absolute atomic E-state index is 12.6. The number of oxazole rings is 1. The first-order chi connectivity index (χ1) is 11.8. The number of nitrogens with zero attached hydrogens (tertiary/aromatic N) is 2. The van der Waals surface area contributed by atoms with Crippen molar-refractivity contribution in [2.24, 2.45) is 0 Å². The van der Waals surface area contributed by atoms with E-state index in [4.69, 9.17) is 4.42 Å². The normalized spacial score (nSPS) is 19.3. The van der Waals surface area contributed by atoms with Gasteiger partial charge in [0.2, 0.25) is 10.0 Å². The first kappa shape index (κ1) is 18.2. The molecule has 0 aliphatic carbocycles. The molecule has 1 aromatic carbocycles. The zero-order valence-electron chi connectivity index (χ0n) is 14.9. The van der Waals surface area contributed by atoms with Crippen molar-refractivity contribution in [2.45, 2.75) is 50.6 Å². The summed E-state index contributed by atoms with van der Waals surface area (Å²) in [5, 5.41) is 0. The van der Waals surface area contributed by atoms with Crippen LogP contribution < -0.4 is 10.5 Å². The van der Waals surface area contributed by atoms with Crippen molar-refractivity contribution in [1.29, 1.82) is 0 Å². The van der Waals surface area contributed by atoms with Crippen LogP contribution in [0.2, 0.25) is 0 Å². The third-order valence-corrected chi connectivity index (χ3v) is 6.25. The topological polar surface area (TPSA) is 84.6 Å². The molecule has 8 heteroatoms. The largest absolute Gasteiger partial charge is 0.420 e. The lowest BCUT2D eigenvalue weighted by Gasteiger charge is -2.22. The van der Waals surface area contributed by atoms with E-state index in [0.717, 1.165) is 25.9 Å². The fraction of sp³-hybridized carbons (Fsp3) is 0.588. The lowest BCUT2D eigenvalue weighted by molar-refractivity contribution is 0.268. The summed E-state index contributed by atoms with van der Waals surface area (Å²) in [7, 11) is -3.64. The molecule has 1 saturated heterocycles. The molecule has 3 rings (SSSR count). The Kier molecular flexibility index (Phi) is 5.04. The van der Waals surface area contributed by atoms with Gasteiger partial charge in [-0.05, 0) is 51.9 Å². The summed E-state index contributed by atoms with van der Waals surface area (Å²) < 4.78 is 34.6. The van der Waals surface area contributed by atoms with Crippen LogP contribution in [-0.4, -0.2) is 43.6 Å². The maximum atomic E-state index is 12.6. The van der Waals surface area contributed by atoms with Crippen molar-refractivity contribution in [2.75, 3.05) is 19.6 Å². The summed E-state index contributed by atoms with van der Waals surface area (Å²) in [6.07, 6.45) is 2.10. The monoisotopic (exact) mass is 367 g/mol. The van der Waals surface area contributed by atoms with Crippen LogP contribution in [0.5, 0.6) is 0 Å². The molecule has 1 aromatic heterocycles. The Balaban J connectivity index is 1.84. The summed E-state index contributed by atoms with van der Waals surface area (Å²) in [5.41, 5.74) is 0.893. The fourth-order valence-corrected chi connectivity index (χ4v) is 4.59. The molecule has 1 aliphatic rings. The molecule has 138 valence electrons. The van der Waals surface area contributed by atoms with Crippen LogP contribution in [0.25, 0.3) is 11.1 Å². The molecule has 1 N–H and O–H groups in total. The Hall–Kier alpha value is -1.64. The highest BCUT2D eigenvalue weighted by atomic mass is 32.2. The number of likely N-dealkylation sites (N-methyl/N-ethyl adjacent to an activating group) is 1. The number of sulfonamides is 1. The number of hydrogen-bond donors (Lipinski definition) is 1. The number of fused-ring (bicyclic) bond motifs is 1.